The molecule has 0 aromatic rings. The van der Waals surface area contributed by atoms with Crippen molar-refractivity contribution in [2.24, 2.45) is 5.92 Å². The van der Waals surface area contributed by atoms with E-state index in [1.807, 2.05) is 0 Å². The van der Waals surface area contributed by atoms with Gasteiger partial charge in [-0.3, -0.25) is 4.79 Å². The summed E-state index contributed by atoms with van der Waals surface area (Å²) in [4.78, 5) is 13.3. The van der Waals surface area contributed by atoms with Crippen LogP contribution >= 0.6 is 0 Å². The van der Waals surface area contributed by atoms with Gasteiger partial charge in [0.25, 0.3) is 0 Å². The van der Waals surface area contributed by atoms with Gasteiger partial charge in [0.15, 0.2) is 0 Å². The Morgan fingerprint density at radius 1 is 1.54 bits per heavy atom. The Hall–Kier alpha value is -0.570. The van der Waals surface area contributed by atoms with Gasteiger partial charge in [-0.1, -0.05) is 13.8 Å². The highest BCUT2D eigenvalue weighted by atomic mass is 16.5. The molecule has 1 aliphatic rings. The van der Waals surface area contributed by atoms with E-state index in [2.05, 4.69) is 25.7 Å². The van der Waals surface area contributed by atoms with E-state index in [9.17, 15) is 4.79 Å². The summed E-state index contributed by atoms with van der Waals surface area (Å²) in [6.07, 6.45) is 0.595. The molecule has 1 aliphatic heterocycles. The maximum absolute atomic E-state index is 10.9. The van der Waals surface area contributed by atoms with Crippen LogP contribution in [0.1, 0.15) is 27.2 Å². The zero-order valence-electron chi connectivity index (χ0n) is 8.75. The van der Waals surface area contributed by atoms with Crippen LogP contribution < -0.4 is 0 Å². The quantitative estimate of drug-likeness (QED) is 0.618. The molecule has 0 aromatic heterocycles. The molecule has 1 heterocycles. The molecule has 1 rings (SSSR count). The Balaban J connectivity index is 2.46. The molecular formula is C10H19NO2. The highest BCUT2D eigenvalue weighted by Gasteiger charge is 2.30. The number of hydrogen-bond donors (Lipinski definition) is 0. The van der Waals surface area contributed by atoms with E-state index in [4.69, 9.17) is 4.74 Å². The Kier molecular flexibility index (Phi) is 3.72. The van der Waals surface area contributed by atoms with Crippen molar-refractivity contribution in [2.45, 2.75) is 33.2 Å². The van der Waals surface area contributed by atoms with Crippen molar-refractivity contribution in [1.82, 2.24) is 4.90 Å². The lowest BCUT2D eigenvalue weighted by Crippen LogP contribution is -2.38. The summed E-state index contributed by atoms with van der Waals surface area (Å²) in [5, 5.41) is 0. The summed E-state index contributed by atoms with van der Waals surface area (Å²) in [5.41, 5.74) is 0. The van der Waals surface area contributed by atoms with Crippen LogP contribution in [0.5, 0.6) is 0 Å². The van der Waals surface area contributed by atoms with Crippen molar-refractivity contribution in [1.29, 1.82) is 0 Å². The van der Waals surface area contributed by atoms with Gasteiger partial charge in [-0.05, 0) is 20.0 Å². The van der Waals surface area contributed by atoms with E-state index < -0.39 is 0 Å². The molecule has 2 unspecified atom stereocenters. The predicted octanol–water partition coefficient (Wildman–Crippen LogP) is 1.28. The molecule has 3 nitrogen and oxygen atoms in total. The number of cyclic esters (lactones) is 1. The highest BCUT2D eigenvalue weighted by molar-refractivity contribution is 5.71. The number of hydrogen-bond acceptors (Lipinski definition) is 3. The Morgan fingerprint density at radius 2 is 2.15 bits per heavy atom. The number of esters is 1. The van der Waals surface area contributed by atoms with Crippen LogP contribution in [0.25, 0.3) is 0 Å². The first-order valence-corrected chi connectivity index (χ1v) is 5.08. The number of rotatable bonds is 4. The first kappa shape index (κ1) is 10.5. The summed E-state index contributed by atoms with van der Waals surface area (Å²) in [6, 6.07) is 0.460. The maximum atomic E-state index is 10.9. The van der Waals surface area contributed by atoms with E-state index >= 15 is 0 Å². The number of carbonyl (C=O) groups excluding carboxylic acids is 1. The number of ether oxygens (including phenoxy) is 1. The third-order valence-electron chi connectivity index (χ3n) is 2.96. The smallest absolute Gasteiger partial charge is 0.306 e. The molecular weight excluding hydrogens is 166 g/mol. The van der Waals surface area contributed by atoms with Gasteiger partial charge in [0.2, 0.25) is 0 Å². The second kappa shape index (κ2) is 4.61. The molecule has 13 heavy (non-hydrogen) atoms. The SMILES string of the molecule is CCN(CC)C(C)C1COC(=O)C1. The molecule has 1 saturated heterocycles. The fourth-order valence-corrected chi connectivity index (χ4v) is 1.94. The van der Waals surface area contributed by atoms with Crippen molar-refractivity contribution in [3.63, 3.8) is 0 Å². The predicted molar refractivity (Wildman–Crippen MR) is 51.4 cm³/mol. The minimum absolute atomic E-state index is 0.0380. The molecule has 0 spiro atoms. The summed E-state index contributed by atoms with van der Waals surface area (Å²) in [6.45, 7) is 9.18. The van der Waals surface area contributed by atoms with Crippen molar-refractivity contribution in [2.75, 3.05) is 19.7 Å². The van der Waals surface area contributed by atoms with Crippen molar-refractivity contribution in [3.8, 4) is 0 Å². The lowest BCUT2D eigenvalue weighted by atomic mass is 9.99. The summed E-state index contributed by atoms with van der Waals surface area (Å²) < 4.78 is 4.96. The van der Waals surface area contributed by atoms with E-state index in [-0.39, 0.29) is 5.97 Å². The summed E-state index contributed by atoms with van der Waals surface area (Å²) in [5.74, 6) is 0.358. The van der Waals surface area contributed by atoms with Crippen LogP contribution in [0, 0.1) is 5.92 Å². The lowest BCUT2D eigenvalue weighted by Gasteiger charge is -2.29. The van der Waals surface area contributed by atoms with Crippen molar-refractivity contribution < 1.29 is 9.53 Å². The van der Waals surface area contributed by atoms with Crippen LogP contribution in [0.3, 0.4) is 0 Å². The Bertz CT molecular complexity index is 178. The zero-order valence-corrected chi connectivity index (χ0v) is 8.75. The topological polar surface area (TPSA) is 29.5 Å². The number of carbonyl (C=O) groups is 1. The fraction of sp³-hybridized carbons (Fsp3) is 0.900. The van der Waals surface area contributed by atoms with Crippen molar-refractivity contribution in [3.05, 3.63) is 0 Å². The van der Waals surface area contributed by atoms with Gasteiger partial charge in [0, 0.05) is 12.0 Å². The van der Waals surface area contributed by atoms with E-state index in [1.165, 1.54) is 0 Å². The Labute approximate surface area is 80.1 Å². The van der Waals surface area contributed by atoms with Crippen LogP contribution in [0.15, 0.2) is 0 Å². The average molecular weight is 185 g/mol. The molecule has 3 heteroatoms. The minimum Gasteiger partial charge on any atom is -0.465 e. The van der Waals surface area contributed by atoms with Crippen LogP contribution in [-0.4, -0.2) is 36.6 Å². The highest BCUT2D eigenvalue weighted by Crippen LogP contribution is 2.21. The van der Waals surface area contributed by atoms with E-state index in [0.29, 0.717) is 25.0 Å². The lowest BCUT2D eigenvalue weighted by molar-refractivity contribution is -0.137. The van der Waals surface area contributed by atoms with Gasteiger partial charge in [-0.25, -0.2) is 0 Å². The molecule has 0 aromatic carbocycles. The Morgan fingerprint density at radius 3 is 2.54 bits per heavy atom. The maximum Gasteiger partial charge on any atom is 0.306 e. The largest absolute Gasteiger partial charge is 0.465 e. The third kappa shape index (κ3) is 2.44. The van der Waals surface area contributed by atoms with E-state index in [0.717, 1.165) is 13.1 Å². The van der Waals surface area contributed by atoms with Crippen LogP contribution in [0.2, 0.25) is 0 Å². The van der Waals surface area contributed by atoms with Crippen LogP contribution in [-0.2, 0) is 9.53 Å². The van der Waals surface area contributed by atoms with Gasteiger partial charge in [0.1, 0.15) is 0 Å². The second-order valence-corrected chi connectivity index (χ2v) is 3.61. The zero-order chi connectivity index (χ0) is 9.84. The van der Waals surface area contributed by atoms with Gasteiger partial charge < -0.3 is 9.64 Å². The first-order valence-electron chi connectivity index (χ1n) is 5.08. The van der Waals surface area contributed by atoms with Gasteiger partial charge in [-0.2, -0.15) is 0 Å². The second-order valence-electron chi connectivity index (χ2n) is 3.61. The standard InChI is InChI=1S/C10H19NO2/c1-4-11(5-2)8(3)9-6-10(12)13-7-9/h8-9H,4-7H2,1-3H3. The first-order chi connectivity index (χ1) is 6.19. The molecule has 0 N–H and O–H groups in total. The molecule has 0 amide bonds. The number of nitrogens with zero attached hydrogens (tertiary/aromatic N) is 1. The van der Waals surface area contributed by atoms with Gasteiger partial charge >= 0.3 is 5.97 Å². The molecule has 2 atom stereocenters. The molecule has 0 radical (unpaired) electrons. The molecule has 0 aliphatic carbocycles. The van der Waals surface area contributed by atoms with E-state index in [1.54, 1.807) is 0 Å². The molecule has 76 valence electrons. The monoisotopic (exact) mass is 185 g/mol. The summed E-state index contributed by atoms with van der Waals surface area (Å²) in [7, 11) is 0. The third-order valence-corrected chi connectivity index (χ3v) is 2.96. The van der Waals surface area contributed by atoms with Crippen LogP contribution in [0.4, 0.5) is 0 Å². The molecule has 0 bridgehead atoms. The molecule has 0 saturated carbocycles. The average Bonchev–Trinajstić information content (AvgIpc) is 2.54. The minimum atomic E-state index is -0.0380. The fourth-order valence-electron chi connectivity index (χ4n) is 1.94. The van der Waals surface area contributed by atoms with Crippen molar-refractivity contribution >= 4 is 5.97 Å². The summed E-state index contributed by atoms with van der Waals surface area (Å²) >= 11 is 0. The van der Waals surface area contributed by atoms with Gasteiger partial charge in [-0.15, -0.1) is 0 Å². The van der Waals surface area contributed by atoms with Gasteiger partial charge in [0.05, 0.1) is 13.0 Å². The normalized spacial score (nSPS) is 24.9. The molecule has 1 fully saturated rings.